The van der Waals surface area contributed by atoms with E-state index in [-0.39, 0.29) is 0 Å². The van der Waals surface area contributed by atoms with Gasteiger partial charge in [0.1, 0.15) is 17.6 Å². The van der Waals surface area contributed by atoms with Gasteiger partial charge in [0.2, 0.25) is 0 Å². The quantitative estimate of drug-likeness (QED) is 0.435. The first-order chi connectivity index (χ1) is 15.2. The maximum absolute atomic E-state index is 9.25. The van der Waals surface area contributed by atoms with Crippen LogP contribution in [0.1, 0.15) is 23.6 Å². The molecule has 4 aromatic rings. The molecular weight excluding hydrogens is 384 g/mol. The molecule has 1 aromatic heterocycles. The summed E-state index contributed by atoms with van der Waals surface area (Å²) in [4.78, 5) is 9.03. The number of nitrogens with one attached hydrogen (secondary N) is 1. The van der Waals surface area contributed by atoms with Crippen molar-refractivity contribution in [3.05, 3.63) is 83.6 Å². The van der Waals surface area contributed by atoms with Crippen molar-refractivity contribution < 1.29 is 4.74 Å². The van der Waals surface area contributed by atoms with E-state index in [0.29, 0.717) is 23.7 Å². The normalized spacial score (nSPS) is 10.6. The van der Waals surface area contributed by atoms with E-state index in [0.717, 1.165) is 24.3 Å². The third-order valence-corrected chi connectivity index (χ3v) is 5.33. The predicted octanol–water partition coefficient (Wildman–Crippen LogP) is 5.53. The smallest absolute Gasteiger partial charge is 0.161 e. The van der Waals surface area contributed by atoms with E-state index in [1.807, 2.05) is 25.1 Å². The molecule has 0 saturated heterocycles. The molecule has 5 heteroatoms. The van der Waals surface area contributed by atoms with E-state index < -0.39 is 0 Å². The molecule has 4 rings (SSSR count). The topological polar surface area (TPSA) is 70.8 Å². The highest BCUT2D eigenvalue weighted by Crippen LogP contribution is 2.26. The number of ether oxygens (including phenoxy) is 1. The molecule has 154 valence electrons. The molecule has 0 unspecified atom stereocenters. The summed E-state index contributed by atoms with van der Waals surface area (Å²) in [5, 5.41) is 15.2. The summed E-state index contributed by atoms with van der Waals surface area (Å²) in [7, 11) is 0. The Morgan fingerprint density at radius 3 is 2.77 bits per heavy atom. The molecule has 0 aliphatic rings. The Hall–Kier alpha value is -3.91. The van der Waals surface area contributed by atoms with Crippen LogP contribution in [0.2, 0.25) is 0 Å². The minimum absolute atomic E-state index is 0.495. The number of fused-ring (bicyclic) bond motifs is 1. The van der Waals surface area contributed by atoms with Crippen molar-refractivity contribution in [3.8, 4) is 23.2 Å². The average Bonchev–Trinajstić information content (AvgIpc) is 2.81. The summed E-state index contributed by atoms with van der Waals surface area (Å²) in [5.74, 6) is 1.92. The second-order valence-corrected chi connectivity index (χ2v) is 7.27. The van der Waals surface area contributed by atoms with Crippen LogP contribution in [0.5, 0.6) is 5.75 Å². The van der Waals surface area contributed by atoms with Crippen LogP contribution >= 0.6 is 0 Å². The molecule has 0 spiro atoms. The van der Waals surface area contributed by atoms with Crippen molar-refractivity contribution in [3.63, 3.8) is 0 Å². The van der Waals surface area contributed by atoms with Gasteiger partial charge in [-0.2, -0.15) is 5.26 Å². The van der Waals surface area contributed by atoms with E-state index in [9.17, 15) is 5.26 Å². The first-order valence-electron chi connectivity index (χ1n) is 10.4. The number of hydrogen-bond acceptors (Lipinski definition) is 5. The van der Waals surface area contributed by atoms with Crippen LogP contribution in [-0.4, -0.2) is 23.1 Å². The second kappa shape index (κ2) is 9.27. The molecule has 0 fully saturated rings. The summed E-state index contributed by atoms with van der Waals surface area (Å²) in [6, 6.07) is 22.3. The SMILES string of the molecule is CCOc1cc(-c2nccc(NCCc3ccc4ccccc4c3C)n2)ccc1C#N. The van der Waals surface area contributed by atoms with Gasteiger partial charge in [0, 0.05) is 18.3 Å². The van der Waals surface area contributed by atoms with Gasteiger partial charge in [0.15, 0.2) is 5.82 Å². The summed E-state index contributed by atoms with van der Waals surface area (Å²) in [5.41, 5.74) is 3.97. The van der Waals surface area contributed by atoms with Crippen molar-refractivity contribution >= 4 is 16.6 Å². The van der Waals surface area contributed by atoms with Crippen LogP contribution < -0.4 is 10.1 Å². The van der Waals surface area contributed by atoms with Crippen LogP contribution in [0.15, 0.2) is 66.9 Å². The minimum atomic E-state index is 0.495. The Morgan fingerprint density at radius 1 is 1.06 bits per heavy atom. The molecule has 1 N–H and O–H groups in total. The molecule has 3 aromatic carbocycles. The second-order valence-electron chi connectivity index (χ2n) is 7.27. The summed E-state index contributed by atoms with van der Waals surface area (Å²) in [6.07, 6.45) is 2.64. The third-order valence-electron chi connectivity index (χ3n) is 5.33. The van der Waals surface area contributed by atoms with E-state index in [2.05, 4.69) is 64.7 Å². The maximum atomic E-state index is 9.25. The lowest BCUT2D eigenvalue weighted by Gasteiger charge is -2.11. The van der Waals surface area contributed by atoms with Crippen LogP contribution in [0.4, 0.5) is 5.82 Å². The van der Waals surface area contributed by atoms with Gasteiger partial charge in [-0.15, -0.1) is 0 Å². The Morgan fingerprint density at radius 2 is 1.94 bits per heavy atom. The fraction of sp³-hybridized carbons (Fsp3) is 0.192. The highest BCUT2D eigenvalue weighted by atomic mass is 16.5. The highest BCUT2D eigenvalue weighted by Gasteiger charge is 2.09. The van der Waals surface area contributed by atoms with Crippen LogP contribution in [0.3, 0.4) is 0 Å². The number of aromatic nitrogens is 2. The monoisotopic (exact) mass is 408 g/mol. The molecule has 0 atom stereocenters. The number of nitriles is 1. The molecule has 0 aliphatic carbocycles. The predicted molar refractivity (Wildman–Crippen MR) is 124 cm³/mol. The number of anilines is 1. The molecule has 0 amide bonds. The minimum Gasteiger partial charge on any atom is -0.492 e. The maximum Gasteiger partial charge on any atom is 0.161 e. The molecule has 0 bridgehead atoms. The summed E-state index contributed by atoms with van der Waals surface area (Å²) in [6.45, 7) is 5.34. The largest absolute Gasteiger partial charge is 0.492 e. The molecule has 0 saturated carbocycles. The number of aryl methyl sites for hydroxylation is 1. The zero-order valence-electron chi connectivity index (χ0n) is 17.7. The molecule has 5 nitrogen and oxygen atoms in total. The van der Waals surface area contributed by atoms with Gasteiger partial charge < -0.3 is 10.1 Å². The molecular formula is C26H24N4O. The van der Waals surface area contributed by atoms with Crippen LogP contribution in [0, 0.1) is 18.3 Å². The van der Waals surface area contributed by atoms with Gasteiger partial charge >= 0.3 is 0 Å². The molecule has 1 heterocycles. The first-order valence-corrected chi connectivity index (χ1v) is 10.4. The van der Waals surface area contributed by atoms with Crippen LogP contribution in [0.25, 0.3) is 22.2 Å². The fourth-order valence-electron chi connectivity index (χ4n) is 3.69. The number of nitrogens with zero attached hydrogens (tertiary/aromatic N) is 3. The first kappa shape index (κ1) is 20.4. The van der Waals surface area contributed by atoms with Gasteiger partial charge in [-0.25, -0.2) is 9.97 Å². The van der Waals surface area contributed by atoms with Gasteiger partial charge in [-0.05, 0) is 66.4 Å². The summed E-state index contributed by atoms with van der Waals surface area (Å²) < 4.78 is 5.58. The lowest BCUT2D eigenvalue weighted by Crippen LogP contribution is -2.08. The number of hydrogen-bond donors (Lipinski definition) is 1. The van der Waals surface area contributed by atoms with Gasteiger partial charge in [0.25, 0.3) is 0 Å². The van der Waals surface area contributed by atoms with Crippen molar-refractivity contribution in [2.75, 3.05) is 18.5 Å². The average molecular weight is 409 g/mol. The molecule has 31 heavy (non-hydrogen) atoms. The Balaban J connectivity index is 1.48. The Labute approximate surface area is 182 Å². The highest BCUT2D eigenvalue weighted by molar-refractivity contribution is 5.86. The van der Waals surface area contributed by atoms with E-state index in [1.165, 1.54) is 21.9 Å². The number of benzene rings is 3. The molecule has 0 aliphatic heterocycles. The van der Waals surface area contributed by atoms with Crippen molar-refractivity contribution in [2.24, 2.45) is 0 Å². The van der Waals surface area contributed by atoms with Crippen molar-refractivity contribution in [1.82, 2.24) is 9.97 Å². The third kappa shape index (κ3) is 4.49. The van der Waals surface area contributed by atoms with Gasteiger partial charge in [-0.1, -0.05) is 36.4 Å². The zero-order valence-corrected chi connectivity index (χ0v) is 17.7. The Bertz CT molecular complexity index is 1260. The Kier molecular flexibility index (Phi) is 6.09. The van der Waals surface area contributed by atoms with E-state index in [4.69, 9.17) is 4.74 Å². The number of rotatable bonds is 7. The van der Waals surface area contributed by atoms with Crippen molar-refractivity contribution in [2.45, 2.75) is 20.3 Å². The zero-order chi connectivity index (χ0) is 21.6. The lowest BCUT2D eigenvalue weighted by molar-refractivity contribution is 0.339. The van der Waals surface area contributed by atoms with Crippen molar-refractivity contribution in [1.29, 1.82) is 5.26 Å². The van der Waals surface area contributed by atoms with E-state index >= 15 is 0 Å². The summed E-state index contributed by atoms with van der Waals surface area (Å²) >= 11 is 0. The fourth-order valence-corrected chi connectivity index (χ4v) is 3.69. The van der Waals surface area contributed by atoms with Gasteiger partial charge in [-0.3, -0.25) is 0 Å². The van der Waals surface area contributed by atoms with E-state index in [1.54, 1.807) is 12.3 Å². The lowest BCUT2D eigenvalue weighted by atomic mass is 9.98. The standard InChI is InChI=1S/C26H24N4O/c1-3-31-24-16-21(10-11-22(24)17-27)26-29-15-13-25(30-26)28-14-12-19-8-9-20-6-4-5-7-23(20)18(19)2/h4-11,13,15-16H,3,12,14H2,1-2H3,(H,28,29,30). The molecule has 0 radical (unpaired) electrons. The van der Waals surface area contributed by atoms with Gasteiger partial charge in [0.05, 0.1) is 12.2 Å². The van der Waals surface area contributed by atoms with Crippen LogP contribution in [-0.2, 0) is 6.42 Å².